The lowest BCUT2D eigenvalue weighted by Crippen LogP contribution is -2.53. The second-order valence-electron chi connectivity index (χ2n) is 6.91. The number of rotatable bonds is 3. The van der Waals surface area contributed by atoms with Crippen molar-refractivity contribution in [1.29, 1.82) is 0 Å². The number of alkyl halides is 1. The monoisotopic (exact) mass is 336 g/mol. The molecule has 1 heterocycles. The van der Waals surface area contributed by atoms with E-state index < -0.39 is 24.0 Å². The molecule has 1 saturated heterocycles. The van der Waals surface area contributed by atoms with Gasteiger partial charge in [0.15, 0.2) is 0 Å². The number of benzene rings is 1. The average molecular weight is 336 g/mol. The molecule has 4 nitrogen and oxygen atoms in total. The minimum absolute atomic E-state index is 0.233. The summed E-state index contributed by atoms with van der Waals surface area (Å²) in [6, 6.07) is 5.42. The Labute approximate surface area is 142 Å². The Morgan fingerprint density at radius 1 is 1.29 bits per heavy atom. The van der Waals surface area contributed by atoms with Crippen molar-refractivity contribution in [2.24, 2.45) is 5.92 Å². The van der Waals surface area contributed by atoms with Gasteiger partial charge in [0.2, 0.25) is 0 Å². The fraction of sp³-hybridized carbons (Fsp3) is 0.579. The SMILES string of the molecule is COc1ccc(C2CC(C)(F)[C@@H]3CC=C(C)[C@@H](O)[C@@H]3O2)c(OC)c1. The van der Waals surface area contributed by atoms with Crippen LogP contribution in [0.2, 0.25) is 0 Å². The van der Waals surface area contributed by atoms with E-state index in [1.54, 1.807) is 27.2 Å². The standard InChI is InChI=1S/C19H25FO4/c1-11-5-8-14-18(17(11)21)24-16(10-19(14,2)20)13-7-6-12(22-3)9-15(13)23-4/h5-7,9,14,16-18,21H,8,10H2,1-4H3/t14-,16?,17-,18-,19?/m1/s1. The van der Waals surface area contributed by atoms with Gasteiger partial charge in [0.25, 0.3) is 0 Å². The van der Waals surface area contributed by atoms with Gasteiger partial charge in [-0.3, -0.25) is 0 Å². The molecule has 0 radical (unpaired) electrons. The molecule has 1 aliphatic carbocycles. The summed E-state index contributed by atoms with van der Waals surface area (Å²) in [7, 11) is 3.16. The molecule has 1 aromatic carbocycles. The highest BCUT2D eigenvalue weighted by molar-refractivity contribution is 5.42. The van der Waals surface area contributed by atoms with Crippen LogP contribution in [0.4, 0.5) is 4.39 Å². The van der Waals surface area contributed by atoms with Gasteiger partial charge in [0.1, 0.15) is 23.3 Å². The van der Waals surface area contributed by atoms with Crippen molar-refractivity contribution < 1.29 is 23.7 Å². The topological polar surface area (TPSA) is 47.9 Å². The predicted molar refractivity (Wildman–Crippen MR) is 89.2 cm³/mol. The molecule has 2 unspecified atom stereocenters. The first-order valence-electron chi connectivity index (χ1n) is 8.28. The molecule has 0 amide bonds. The molecule has 24 heavy (non-hydrogen) atoms. The molecule has 1 aliphatic heterocycles. The zero-order valence-electron chi connectivity index (χ0n) is 14.6. The lowest BCUT2D eigenvalue weighted by atomic mass is 9.71. The summed E-state index contributed by atoms with van der Waals surface area (Å²) in [5.74, 6) is 0.937. The Kier molecular flexibility index (Phi) is 4.58. The van der Waals surface area contributed by atoms with Crippen LogP contribution in [0.15, 0.2) is 29.8 Å². The molecule has 0 spiro atoms. The van der Waals surface area contributed by atoms with E-state index in [0.717, 1.165) is 11.1 Å². The smallest absolute Gasteiger partial charge is 0.128 e. The highest BCUT2D eigenvalue weighted by Gasteiger charge is 2.51. The normalized spacial score (nSPS) is 35.8. The van der Waals surface area contributed by atoms with Crippen molar-refractivity contribution in [3.8, 4) is 11.5 Å². The summed E-state index contributed by atoms with van der Waals surface area (Å²) in [6.07, 6.45) is 0.953. The number of allylic oxidation sites excluding steroid dienone is 1. The fourth-order valence-electron chi connectivity index (χ4n) is 3.82. The molecule has 1 fully saturated rings. The maximum Gasteiger partial charge on any atom is 0.128 e. The summed E-state index contributed by atoms with van der Waals surface area (Å²) in [5.41, 5.74) is 0.200. The minimum Gasteiger partial charge on any atom is -0.497 e. The molecule has 0 saturated carbocycles. The zero-order chi connectivity index (χ0) is 17.5. The number of aliphatic hydroxyl groups excluding tert-OH is 1. The molecule has 2 aliphatic rings. The Balaban J connectivity index is 1.95. The van der Waals surface area contributed by atoms with Crippen molar-refractivity contribution >= 4 is 0 Å². The van der Waals surface area contributed by atoms with Crippen LogP contribution < -0.4 is 9.47 Å². The lowest BCUT2D eigenvalue weighted by molar-refractivity contribution is -0.184. The van der Waals surface area contributed by atoms with E-state index in [2.05, 4.69) is 0 Å². The number of ether oxygens (including phenoxy) is 3. The predicted octanol–water partition coefficient (Wildman–Crippen LogP) is 3.59. The second kappa shape index (κ2) is 6.37. The van der Waals surface area contributed by atoms with Crippen molar-refractivity contribution in [3.05, 3.63) is 35.4 Å². The molecular formula is C19H25FO4. The zero-order valence-corrected chi connectivity index (χ0v) is 14.6. The number of fused-ring (bicyclic) bond motifs is 1. The van der Waals surface area contributed by atoms with Gasteiger partial charge in [-0.25, -0.2) is 4.39 Å². The van der Waals surface area contributed by atoms with Crippen molar-refractivity contribution in [2.45, 2.75) is 50.7 Å². The van der Waals surface area contributed by atoms with Gasteiger partial charge < -0.3 is 19.3 Å². The quantitative estimate of drug-likeness (QED) is 0.857. The molecule has 5 heteroatoms. The Morgan fingerprint density at radius 3 is 2.71 bits per heavy atom. The van der Waals surface area contributed by atoms with Gasteiger partial charge in [-0.15, -0.1) is 0 Å². The highest BCUT2D eigenvalue weighted by atomic mass is 19.1. The van der Waals surface area contributed by atoms with Crippen LogP contribution in [-0.2, 0) is 4.74 Å². The van der Waals surface area contributed by atoms with Crippen LogP contribution >= 0.6 is 0 Å². The summed E-state index contributed by atoms with van der Waals surface area (Å²) < 4.78 is 32.1. The Morgan fingerprint density at radius 2 is 2.04 bits per heavy atom. The molecule has 1 aromatic rings. The first kappa shape index (κ1) is 17.2. The molecule has 0 bridgehead atoms. The molecule has 132 valence electrons. The number of hydrogen-bond donors (Lipinski definition) is 1. The minimum atomic E-state index is -1.42. The number of aliphatic hydroxyl groups is 1. The summed E-state index contributed by atoms with van der Waals surface area (Å²) in [5, 5.41) is 10.5. The average Bonchev–Trinajstić information content (AvgIpc) is 2.57. The summed E-state index contributed by atoms with van der Waals surface area (Å²) in [4.78, 5) is 0. The van der Waals surface area contributed by atoms with Gasteiger partial charge in [0, 0.05) is 24.0 Å². The van der Waals surface area contributed by atoms with E-state index in [9.17, 15) is 5.11 Å². The number of halogens is 1. The van der Waals surface area contributed by atoms with Gasteiger partial charge in [-0.2, -0.15) is 0 Å². The van der Waals surface area contributed by atoms with Crippen molar-refractivity contribution in [3.63, 3.8) is 0 Å². The molecule has 1 N–H and O–H groups in total. The molecule has 3 rings (SSSR count). The fourth-order valence-corrected chi connectivity index (χ4v) is 3.82. The van der Waals surface area contributed by atoms with E-state index in [-0.39, 0.29) is 12.3 Å². The molecular weight excluding hydrogens is 311 g/mol. The second-order valence-corrected chi connectivity index (χ2v) is 6.91. The number of methoxy groups -OCH3 is 2. The number of hydrogen-bond acceptors (Lipinski definition) is 4. The summed E-state index contributed by atoms with van der Waals surface area (Å²) >= 11 is 0. The first-order valence-corrected chi connectivity index (χ1v) is 8.28. The molecule has 0 aromatic heterocycles. The van der Waals surface area contributed by atoms with E-state index in [1.165, 1.54) is 0 Å². The largest absolute Gasteiger partial charge is 0.497 e. The first-order chi connectivity index (χ1) is 11.4. The van der Waals surface area contributed by atoms with E-state index in [0.29, 0.717) is 17.9 Å². The third-order valence-electron chi connectivity index (χ3n) is 5.33. The van der Waals surface area contributed by atoms with Gasteiger partial charge in [-0.05, 0) is 38.0 Å². The Bertz CT molecular complexity index is 640. The maximum atomic E-state index is 15.3. The van der Waals surface area contributed by atoms with Gasteiger partial charge in [-0.1, -0.05) is 6.08 Å². The molecule has 5 atom stereocenters. The van der Waals surface area contributed by atoms with Crippen molar-refractivity contribution in [2.75, 3.05) is 14.2 Å². The Hall–Kier alpha value is -1.59. The van der Waals surface area contributed by atoms with E-state index in [4.69, 9.17) is 14.2 Å². The van der Waals surface area contributed by atoms with Crippen LogP contribution in [0.1, 0.15) is 38.4 Å². The summed E-state index contributed by atoms with van der Waals surface area (Å²) in [6.45, 7) is 3.47. The van der Waals surface area contributed by atoms with Gasteiger partial charge >= 0.3 is 0 Å². The third-order valence-corrected chi connectivity index (χ3v) is 5.33. The van der Waals surface area contributed by atoms with Crippen LogP contribution in [0.25, 0.3) is 0 Å². The third kappa shape index (κ3) is 2.91. The lowest BCUT2D eigenvalue weighted by Gasteiger charge is -2.48. The van der Waals surface area contributed by atoms with E-state index >= 15 is 4.39 Å². The van der Waals surface area contributed by atoms with Crippen LogP contribution in [0.3, 0.4) is 0 Å². The maximum absolute atomic E-state index is 15.3. The van der Waals surface area contributed by atoms with Crippen LogP contribution in [0.5, 0.6) is 11.5 Å². The van der Waals surface area contributed by atoms with Gasteiger partial charge in [0.05, 0.1) is 26.4 Å². The van der Waals surface area contributed by atoms with Crippen LogP contribution in [-0.4, -0.2) is 37.2 Å². The van der Waals surface area contributed by atoms with Crippen LogP contribution in [0, 0.1) is 5.92 Å². The van der Waals surface area contributed by atoms with Crippen molar-refractivity contribution in [1.82, 2.24) is 0 Å². The highest BCUT2D eigenvalue weighted by Crippen LogP contribution is 2.49. The van der Waals surface area contributed by atoms with E-state index in [1.807, 2.05) is 25.1 Å².